The molecule has 1 aliphatic heterocycles. The number of benzene rings is 1. The van der Waals surface area contributed by atoms with Crippen molar-refractivity contribution in [2.45, 2.75) is 70.4 Å². The fourth-order valence-corrected chi connectivity index (χ4v) is 5.36. The van der Waals surface area contributed by atoms with E-state index in [2.05, 4.69) is 49.1 Å². The molecule has 3 rings (SSSR count). The molecule has 0 radical (unpaired) electrons. The number of piperidine rings is 1. The number of hydrogen-bond donors (Lipinski definition) is 1. The van der Waals surface area contributed by atoms with Crippen molar-refractivity contribution < 1.29 is 0 Å². The van der Waals surface area contributed by atoms with Crippen molar-refractivity contribution in [3.05, 3.63) is 35.9 Å². The van der Waals surface area contributed by atoms with Crippen LogP contribution in [0.4, 0.5) is 0 Å². The van der Waals surface area contributed by atoms with Crippen LogP contribution in [0.2, 0.25) is 0 Å². The van der Waals surface area contributed by atoms with E-state index in [1.54, 1.807) is 0 Å². The van der Waals surface area contributed by atoms with Crippen LogP contribution in [-0.4, -0.2) is 24.2 Å². The van der Waals surface area contributed by atoms with Gasteiger partial charge in [-0.3, -0.25) is 4.90 Å². The van der Waals surface area contributed by atoms with Crippen LogP contribution in [0.25, 0.3) is 0 Å². The molecular weight excluding hydrogens is 280 g/mol. The molecule has 3 atom stereocenters. The number of nitrogens with zero attached hydrogens (tertiary/aromatic N) is 1. The van der Waals surface area contributed by atoms with Crippen molar-refractivity contribution >= 4 is 0 Å². The van der Waals surface area contributed by atoms with Crippen LogP contribution < -0.4 is 5.73 Å². The smallest absolute Gasteiger partial charge is 0.0580 e. The van der Waals surface area contributed by atoms with Gasteiger partial charge in [-0.2, -0.15) is 0 Å². The summed E-state index contributed by atoms with van der Waals surface area (Å²) in [6.07, 6.45) is 9.30. The Hall–Kier alpha value is -0.860. The Morgan fingerprint density at radius 1 is 1.04 bits per heavy atom. The highest BCUT2D eigenvalue weighted by Gasteiger charge is 2.41. The average molecular weight is 315 g/mol. The minimum Gasteiger partial charge on any atom is -0.316 e. The Morgan fingerprint density at radius 2 is 1.65 bits per heavy atom. The number of hydrogen-bond acceptors (Lipinski definition) is 2. The molecule has 2 aliphatic rings. The maximum Gasteiger partial charge on any atom is 0.0580 e. The Bertz CT molecular complexity index is 468. The van der Waals surface area contributed by atoms with Gasteiger partial charge in [-0.15, -0.1) is 0 Å². The zero-order valence-corrected chi connectivity index (χ0v) is 15.0. The van der Waals surface area contributed by atoms with Crippen molar-refractivity contribution in [3.8, 4) is 0 Å². The summed E-state index contributed by atoms with van der Waals surface area (Å²) in [5.74, 6) is 1.60. The first-order valence-corrected chi connectivity index (χ1v) is 9.64. The second-order valence-electron chi connectivity index (χ2n) is 8.37. The molecule has 1 aliphatic carbocycles. The summed E-state index contributed by atoms with van der Waals surface area (Å²) in [5, 5.41) is 0. The van der Waals surface area contributed by atoms with E-state index in [1.807, 2.05) is 0 Å². The van der Waals surface area contributed by atoms with Gasteiger partial charge in [0.1, 0.15) is 0 Å². The molecule has 1 aromatic rings. The van der Waals surface area contributed by atoms with Crippen LogP contribution >= 0.6 is 0 Å². The molecule has 2 nitrogen and oxygen atoms in total. The highest BCUT2D eigenvalue weighted by atomic mass is 15.2. The molecule has 23 heavy (non-hydrogen) atoms. The van der Waals surface area contributed by atoms with Crippen LogP contribution in [0, 0.1) is 11.8 Å². The monoisotopic (exact) mass is 314 g/mol. The predicted octanol–water partition coefficient (Wildman–Crippen LogP) is 4.54. The first-order valence-electron chi connectivity index (χ1n) is 9.64. The number of likely N-dealkylation sites (tertiary alicyclic amines) is 1. The lowest BCUT2D eigenvalue weighted by molar-refractivity contribution is 0.0957. The number of nitrogens with two attached hydrogens (primary N) is 1. The van der Waals surface area contributed by atoms with Gasteiger partial charge in [0.2, 0.25) is 0 Å². The van der Waals surface area contributed by atoms with Gasteiger partial charge in [0.25, 0.3) is 0 Å². The average Bonchev–Trinajstić information content (AvgIpc) is 2.55. The topological polar surface area (TPSA) is 29.3 Å². The van der Waals surface area contributed by atoms with Gasteiger partial charge in [-0.1, -0.05) is 50.6 Å². The van der Waals surface area contributed by atoms with Crippen LogP contribution in [-0.2, 0) is 5.41 Å². The molecule has 3 unspecified atom stereocenters. The summed E-state index contributed by atoms with van der Waals surface area (Å²) in [6, 6.07) is 11.2. The molecule has 0 bridgehead atoms. The fraction of sp³-hybridized carbons (Fsp3) is 0.714. The van der Waals surface area contributed by atoms with E-state index < -0.39 is 0 Å². The van der Waals surface area contributed by atoms with Crippen molar-refractivity contribution in [2.24, 2.45) is 17.6 Å². The summed E-state index contributed by atoms with van der Waals surface area (Å²) in [7, 11) is 0. The SMILES string of the molecule is CC1CC(C)CC(CC(N)N2CCCCC2)(c2ccccc2)C1. The van der Waals surface area contributed by atoms with E-state index in [0.717, 1.165) is 18.3 Å². The van der Waals surface area contributed by atoms with Gasteiger partial charge >= 0.3 is 0 Å². The Kier molecular flexibility index (Phi) is 5.43. The lowest BCUT2D eigenvalue weighted by Gasteiger charge is -2.46. The molecule has 1 aromatic carbocycles. The molecule has 0 amide bonds. The van der Waals surface area contributed by atoms with E-state index in [1.165, 1.54) is 57.2 Å². The minimum absolute atomic E-state index is 0.216. The summed E-state index contributed by atoms with van der Waals surface area (Å²) >= 11 is 0. The molecule has 1 heterocycles. The van der Waals surface area contributed by atoms with Gasteiger partial charge in [-0.25, -0.2) is 0 Å². The molecule has 0 spiro atoms. The third-order valence-electron chi connectivity index (χ3n) is 6.13. The van der Waals surface area contributed by atoms with Gasteiger partial charge in [-0.05, 0) is 74.4 Å². The second-order valence-corrected chi connectivity index (χ2v) is 8.37. The van der Waals surface area contributed by atoms with E-state index in [9.17, 15) is 0 Å². The quantitative estimate of drug-likeness (QED) is 0.884. The predicted molar refractivity (Wildman–Crippen MR) is 98.3 cm³/mol. The molecule has 2 N–H and O–H groups in total. The zero-order chi connectivity index (χ0) is 16.3. The Balaban J connectivity index is 1.83. The molecular formula is C21H34N2. The molecule has 0 aromatic heterocycles. The zero-order valence-electron chi connectivity index (χ0n) is 15.0. The fourth-order valence-electron chi connectivity index (χ4n) is 5.36. The lowest BCUT2D eigenvalue weighted by atomic mass is 9.61. The maximum atomic E-state index is 6.72. The van der Waals surface area contributed by atoms with E-state index >= 15 is 0 Å². The van der Waals surface area contributed by atoms with Gasteiger partial charge in [0.15, 0.2) is 0 Å². The first kappa shape index (κ1) is 17.0. The van der Waals surface area contributed by atoms with Crippen molar-refractivity contribution in [1.82, 2.24) is 4.90 Å². The second kappa shape index (κ2) is 7.36. The summed E-state index contributed by atoms with van der Waals surface area (Å²) in [5.41, 5.74) is 8.51. The van der Waals surface area contributed by atoms with E-state index in [4.69, 9.17) is 5.73 Å². The summed E-state index contributed by atoms with van der Waals surface area (Å²) in [6.45, 7) is 7.24. The molecule has 2 fully saturated rings. The van der Waals surface area contributed by atoms with E-state index in [-0.39, 0.29) is 11.6 Å². The van der Waals surface area contributed by atoms with Crippen LogP contribution in [0.3, 0.4) is 0 Å². The Morgan fingerprint density at radius 3 is 2.26 bits per heavy atom. The van der Waals surface area contributed by atoms with Crippen molar-refractivity contribution in [2.75, 3.05) is 13.1 Å². The maximum absolute atomic E-state index is 6.72. The van der Waals surface area contributed by atoms with Gasteiger partial charge in [0.05, 0.1) is 6.17 Å². The summed E-state index contributed by atoms with van der Waals surface area (Å²) < 4.78 is 0. The first-order chi connectivity index (χ1) is 11.1. The molecule has 1 saturated carbocycles. The standard InChI is InChI=1S/C21H34N2/c1-17-13-18(2)15-21(14-17,19-9-5-3-6-10-19)16-20(22)23-11-7-4-8-12-23/h3,5-6,9-10,17-18,20H,4,7-8,11-16,22H2,1-2H3. The van der Waals surface area contributed by atoms with Crippen LogP contribution in [0.1, 0.15) is 64.4 Å². The molecule has 1 saturated heterocycles. The van der Waals surface area contributed by atoms with E-state index in [0.29, 0.717) is 0 Å². The Labute approximate surface area is 142 Å². The number of rotatable bonds is 4. The highest BCUT2D eigenvalue weighted by molar-refractivity contribution is 5.27. The van der Waals surface area contributed by atoms with Crippen molar-refractivity contribution in [1.29, 1.82) is 0 Å². The normalized spacial score (nSPS) is 34.2. The largest absolute Gasteiger partial charge is 0.316 e. The van der Waals surface area contributed by atoms with Gasteiger partial charge in [0, 0.05) is 0 Å². The molecule has 128 valence electrons. The minimum atomic E-state index is 0.216. The van der Waals surface area contributed by atoms with Crippen LogP contribution in [0.5, 0.6) is 0 Å². The summed E-state index contributed by atoms with van der Waals surface area (Å²) in [4.78, 5) is 2.54. The van der Waals surface area contributed by atoms with Gasteiger partial charge < -0.3 is 5.73 Å². The third kappa shape index (κ3) is 3.97. The highest BCUT2D eigenvalue weighted by Crippen LogP contribution is 2.47. The van der Waals surface area contributed by atoms with Crippen molar-refractivity contribution in [3.63, 3.8) is 0 Å². The third-order valence-corrected chi connectivity index (χ3v) is 6.13. The molecule has 2 heteroatoms. The van der Waals surface area contributed by atoms with Crippen LogP contribution in [0.15, 0.2) is 30.3 Å². The lowest BCUT2D eigenvalue weighted by Crippen LogP contribution is -2.50.